The minimum Gasteiger partial charge on any atom is -0.345 e. The van der Waals surface area contributed by atoms with Crippen molar-refractivity contribution >= 4 is 5.91 Å². The first-order valence-corrected chi connectivity index (χ1v) is 6.71. The van der Waals surface area contributed by atoms with Crippen LogP contribution >= 0.6 is 0 Å². The summed E-state index contributed by atoms with van der Waals surface area (Å²) in [5, 5.41) is 2.73. The molecule has 0 saturated carbocycles. The van der Waals surface area contributed by atoms with Gasteiger partial charge >= 0.3 is 0 Å². The average molecular weight is 289 g/mol. The number of amides is 1. The largest absolute Gasteiger partial charge is 0.345 e. The van der Waals surface area contributed by atoms with Gasteiger partial charge in [-0.15, -0.1) is 0 Å². The lowest BCUT2D eigenvalue weighted by atomic mass is 10.0. The molecule has 0 spiro atoms. The summed E-state index contributed by atoms with van der Waals surface area (Å²) in [5.74, 6) is -1.58. The highest BCUT2D eigenvalue weighted by Gasteiger charge is 2.15. The lowest BCUT2D eigenvalue weighted by Gasteiger charge is -2.15. The quantitative estimate of drug-likeness (QED) is 0.906. The van der Waals surface area contributed by atoms with Crippen LogP contribution in [0.15, 0.2) is 36.4 Å². The number of nitrogens with one attached hydrogen (secondary N) is 1. The molecule has 1 amide bonds. The van der Waals surface area contributed by atoms with Gasteiger partial charge in [0.25, 0.3) is 5.91 Å². The molecule has 0 aromatic heterocycles. The highest BCUT2D eigenvalue weighted by Crippen LogP contribution is 2.18. The van der Waals surface area contributed by atoms with E-state index in [4.69, 9.17) is 0 Å². The maximum atomic E-state index is 13.7. The number of hydrogen-bond acceptors (Lipinski definition) is 1. The number of aryl methyl sites for hydroxylation is 2. The van der Waals surface area contributed by atoms with E-state index in [-0.39, 0.29) is 11.5 Å². The molecule has 0 aliphatic rings. The van der Waals surface area contributed by atoms with Crippen LogP contribution in [0.1, 0.15) is 40.0 Å². The fraction of sp³-hybridized carbons (Fsp3) is 0.235. The molecule has 110 valence electrons. The van der Waals surface area contributed by atoms with E-state index >= 15 is 0 Å². The van der Waals surface area contributed by atoms with Gasteiger partial charge in [0.1, 0.15) is 11.6 Å². The van der Waals surface area contributed by atoms with Crippen LogP contribution in [0.25, 0.3) is 0 Å². The number of carbonyl (C=O) groups is 1. The Kier molecular flexibility index (Phi) is 4.36. The predicted molar refractivity (Wildman–Crippen MR) is 78.2 cm³/mol. The normalized spacial score (nSPS) is 12.0. The Labute approximate surface area is 122 Å². The Bertz CT molecular complexity index is 662. The second-order valence-electron chi connectivity index (χ2n) is 5.24. The van der Waals surface area contributed by atoms with Crippen molar-refractivity contribution in [1.29, 1.82) is 0 Å². The van der Waals surface area contributed by atoms with Crippen molar-refractivity contribution < 1.29 is 13.6 Å². The van der Waals surface area contributed by atoms with E-state index in [1.165, 1.54) is 12.1 Å². The third-order valence-corrected chi connectivity index (χ3v) is 3.26. The molecule has 2 rings (SSSR count). The van der Waals surface area contributed by atoms with Crippen molar-refractivity contribution in [3.63, 3.8) is 0 Å². The lowest BCUT2D eigenvalue weighted by molar-refractivity contribution is 0.0939. The first-order valence-electron chi connectivity index (χ1n) is 6.71. The summed E-state index contributed by atoms with van der Waals surface area (Å²) in [6.07, 6.45) is 0. The zero-order valence-corrected chi connectivity index (χ0v) is 12.2. The summed E-state index contributed by atoms with van der Waals surface area (Å²) in [5.41, 5.74) is 2.76. The monoisotopic (exact) mass is 289 g/mol. The first-order chi connectivity index (χ1) is 9.86. The predicted octanol–water partition coefficient (Wildman–Crippen LogP) is 4.07. The van der Waals surface area contributed by atoms with Gasteiger partial charge in [0.2, 0.25) is 0 Å². The third-order valence-electron chi connectivity index (χ3n) is 3.26. The summed E-state index contributed by atoms with van der Waals surface area (Å²) in [6.45, 7) is 5.48. The van der Waals surface area contributed by atoms with Gasteiger partial charge in [0.15, 0.2) is 0 Å². The van der Waals surface area contributed by atoms with E-state index in [0.717, 1.165) is 17.2 Å². The van der Waals surface area contributed by atoms with Crippen molar-refractivity contribution in [3.8, 4) is 0 Å². The zero-order valence-electron chi connectivity index (χ0n) is 12.2. The van der Waals surface area contributed by atoms with Crippen LogP contribution in [0.4, 0.5) is 8.78 Å². The Hall–Kier alpha value is -2.23. The Balaban J connectivity index is 2.18. The molecule has 2 aromatic carbocycles. The molecule has 0 aliphatic heterocycles. The van der Waals surface area contributed by atoms with Gasteiger partial charge in [-0.05, 0) is 39.0 Å². The fourth-order valence-corrected chi connectivity index (χ4v) is 2.32. The second kappa shape index (κ2) is 6.04. The highest BCUT2D eigenvalue weighted by atomic mass is 19.1. The molecular weight excluding hydrogens is 272 g/mol. The van der Waals surface area contributed by atoms with Gasteiger partial charge in [0.05, 0.1) is 6.04 Å². The van der Waals surface area contributed by atoms with Crippen molar-refractivity contribution in [2.45, 2.75) is 26.8 Å². The van der Waals surface area contributed by atoms with Crippen LogP contribution in [-0.4, -0.2) is 5.91 Å². The number of rotatable bonds is 3. The lowest BCUT2D eigenvalue weighted by Crippen LogP contribution is -2.27. The van der Waals surface area contributed by atoms with Crippen molar-refractivity contribution in [2.75, 3.05) is 0 Å². The topological polar surface area (TPSA) is 29.1 Å². The average Bonchev–Trinajstić information content (AvgIpc) is 2.37. The molecule has 0 bridgehead atoms. The molecule has 1 atom stereocenters. The van der Waals surface area contributed by atoms with Crippen LogP contribution in [0.5, 0.6) is 0 Å². The molecule has 4 heteroatoms. The number of hydrogen-bond donors (Lipinski definition) is 1. The summed E-state index contributed by atoms with van der Waals surface area (Å²) in [6, 6.07) is 8.31. The minimum absolute atomic E-state index is 0.258. The van der Waals surface area contributed by atoms with Gasteiger partial charge in [-0.25, -0.2) is 8.78 Å². The molecule has 1 N–H and O–H groups in total. The molecule has 2 aromatic rings. The molecule has 1 unspecified atom stereocenters. The van der Waals surface area contributed by atoms with Crippen molar-refractivity contribution in [3.05, 3.63) is 70.3 Å². The van der Waals surface area contributed by atoms with E-state index in [0.29, 0.717) is 5.56 Å². The molecule has 0 heterocycles. The zero-order chi connectivity index (χ0) is 15.6. The van der Waals surface area contributed by atoms with Gasteiger partial charge < -0.3 is 5.32 Å². The Morgan fingerprint density at radius 3 is 2.24 bits per heavy atom. The van der Waals surface area contributed by atoms with E-state index in [2.05, 4.69) is 5.32 Å². The highest BCUT2D eigenvalue weighted by molar-refractivity contribution is 5.94. The van der Waals surface area contributed by atoms with Crippen molar-refractivity contribution in [1.82, 2.24) is 5.32 Å². The first kappa shape index (κ1) is 15.2. The molecular formula is C17H17F2NO. The van der Waals surface area contributed by atoms with Crippen LogP contribution in [0.2, 0.25) is 0 Å². The number of halogens is 2. The second-order valence-corrected chi connectivity index (χ2v) is 5.24. The van der Waals surface area contributed by atoms with Crippen LogP contribution in [-0.2, 0) is 0 Å². The molecule has 0 saturated heterocycles. The summed E-state index contributed by atoms with van der Waals surface area (Å²) >= 11 is 0. The summed E-state index contributed by atoms with van der Waals surface area (Å²) in [4.78, 5) is 12.2. The van der Waals surface area contributed by atoms with Gasteiger partial charge in [0, 0.05) is 17.2 Å². The smallest absolute Gasteiger partial charge is 0.251 e. The maximum Gasteiger partial charge on any atom is 0.251 e. The summed E-state index contributed by atoms with van der Waals surface area (Å²) < 4.78 is 26.6. The fourth-order valence-electron chi connectivity index (χ4n) is 2.32. The third kappa shape index (κ3) is 3.66. The SMILES string of the molecule is Cc1cc(C)cc(C(=O)NC(C)c2ccc(F)cc2F)c1. The standard InChI is InChI=1S/C17H17F2NO/c1-10-6-11(2)8-13(7-10)17(21)20-12(3)15-5-4-14(18)9-16(15)19/h4-9,12H,1-3H3,(H,20,21). The number of carbonyl (C=O) groups excluding carboxylic acids is 1. The minimum atomic E-state index is -0.664. The van der Waals surface area contributed by atoms with Gasteiger partial charge in [-0.3, -0.25) is 4.79 Å². The van der Waals surface area contributed by atoms with E-state index in [1.54, 1.807) is 19.1 Å². The van der Waals surface area contributed by atoms with Crippen molar-refractivity contribution in [2.24, 2.45) is 0 Å². The van der Waals surface area contributed by atoms with E-state index < -0.39 is 17.7 Å². The molecule has 21 heavy (non-hydrogen) atoms. The van der Waals surface area contributed by atoms with Crippen LogP contribution in [0, 0.1) is 25.5 Å². The van der Waals surface area contributed by atoms with E-state index in [1.807, 2.05) is 19.9 Å². The van der Waals surface area contributed by atoms with E-state index in [9.17, 15) is 13.6 Å². The number of benzene rings is 2. The van der Waals surface area contributed by atoms with Gasteiger partial charge in [-0.1, -0.05) is 23.3 Å². The molecule has 0 aliphatic carbocycles. The van der Waals surface area contributed by atoms with Gasteiger partial charge in [-0.2, -0.15) is 0 Å². The Morgan fingerprint density at radius 1 is 1.05 bits per heavy atom. The summed E-state index contributed by atoms with van der Waals surface area (Å²) in [7, 11) is 0. The van der Waals surface area contributed by atoms with Crippen LogP contribution < -0.4 is 5.32 Å². The molecule has 2 nitrogen and oxygen atoms in total. The maximum absolute atomic E-state index is 13.7. The molecule has 0 radical (unpaired) electrons. The van der Waals surface area contributed by atoms with Crippen LogP contribution in [0.3, 0.4) is 0 Å². The Morgan fingerprint density at radius 2 is 1.67 bits per heavy atom. The molecule has 0 fully saturated rings.